The molecule has 1 aliphatic carbocycles. The van der Waals surface area contributed by atoms with Gasteiger partial charge in [0.1, 0.15) is 11.8 Å². The van der Waals surface area contributed by atoms with E-state index < -0.39 is 12.1 Å². The number of carbonyl (C=O) groups is 2. The van der Waals surface area contributed by atoms with Gasteiger partial charge in [-0.2, -0.15) is 0 Å². The van der Waals surface area contributed by atoms with E-state index in [1.807, 2.05) is 29.2 Å². The molecule has 1 unspecified atom stereocenters. The van der Waals surface area contributed by atoms with Crippen molar-refractivity contribution in [1.29, 1.82) is 0 Å². The van der Waals surface area contributed by atoms with E-state index in [4.69, 9.17) is 16.3 Å². The average molecular weight is 640 g/mol. The predicted molar refractivity (Wildman–Crippen MR) is 183 cm³/mol. The van der Waals surface area contributed by atoms with E-state index in [0.29, 0.717) is 30.3 Å². The largest absolute Gasteiger partial charge is 0.413 e. The number of piperazine rings is 1. The first kappa shape index (κ1) is 31.8. The molecule has 2 amide bonds. The molecule has 0 radical (unpaired) electrons. The molecule has 1 atom stereocenters. The fourth-order valence-corrected chi connectivity index (χ4v) is 6.38. The van der Waals surface area contributed by atoms with Gasteiger partial charge in [0, 0.05) is 68.0 Å². The number of rotatable bonds is 12. The molecule has 9 heteroatoms. The van der Waals surface area contributed by atoms with Gasteiger partial charge in [-0.25, -0.2) is 4.79 Å². The molecule has 1 saturated carbocycles. The van der Waals surface area contributed by atoms with Gasteiger partial charge in [0.15, 0.2) is 0 Å². The molecule has 2 aliphatic rings. The quantitative estimate of drug-likeness (QED) is 0.189. The van der Waals surface area contributed by atoms with Crippen molar-refractivity contribution in [2.75, 3.05) is 44.2 Å². The monoisotopic (exact) mass is 639 g/mol. The number of hydrogen-bond acceptors (Lipinski definition) is 6. The van der Waals surface area contributed by atoms with Crippen LogP contribution in [0.5, 0.6) is 5.75 Å². The van der Waals surface area contributed by atoms with Crippen molar-refractivity contribution < 1.29 is 14.3 Å². The first-order valence-corrected chi connectivity index (χ1v) is 16.7. The summed E-state index contributed by atoms with van der Waals surface area (Å²) in [7, 11) is 0. The van der Waals surface area contributed by atoms with Crippen molar-refractivity contribution in [2.24, 2.45) is 5.92 Å². The maximum Gasteiger partial charge on any atom is 0.413 e. The smallest absolute Gasteiger partial charge is 0.410 e. The Labute approximate surface area is 276 Å². The van der Waals surface area contributed by atoms with Gasteiger partial charge in [-0.05, 0) is 85.3 Å². The number of anilines is 1. The molecule has 0 bridgehead atoms. The van der Waals surface area contributed by atoms with Crippen LogP contribution in [-0.2, 0) is 17.8 Å². The van der Waals surface area contributed by atoms with Crippen LogP contribution in [0.1, 0.15) is 37.3 Å². The fraction of sp³-hybridized carbons (Fsp3) is 0.378. The molecule has 1 saturated heterocycles. The minimum atomic E-state index is -0.792. The van der Waals surface area contributed by atoms with E-state index in [-0.39, 0.29) is 5.91 Å². The Morgan fingerprint density at radius 3 is 2.54 bits per heavy atom. The number of ether oxygens (including phenoxy) is 1. The number of fused-ring (bicyclic) bond motifs is 1. The topological polar surface area (TPSA) is 78.0 Å². The Morgan fingerprint density at radius 2 is 1.78 bits per heavy atom. The summed E-state index contributed by atoms with van der Waals surface area (Å²) in [4.78, 5) is 38.2. The number of nitrogens with zero attached hydrogens (tertiary/aromatic N) is 4. The zero-order valence-corrected chi connectivity index (χ0v) is 27.2. The summed E-state index contributed by atoms with van der Waals surface area (Å²) in [5, 5.41) is 4.34. The van der Waals surface area contributed by atoms with Gasteiger partial charge in [0.25, 0.3) is 0 Å². The highest BCUT2D eigenvalue weighted by Crippen LogP contribution is 2.31. The number of benzene rings is 3. The van der Waals surface area contributed by atoms with Gasteiger partial charge >= 0.3 is 6.09 Å². The standard InChI is InChI=1S/C37H42ClN5O3/c1-2-18-41(25-28-9-10-28)26-30-6-3-4-8-35(30)42-19-21-43(22-20-42)36(44)34(23-27-11-13-31(38)14-12-27)40-37(45)46-32-15-16-33-29(24-32)7-5-17-39-33/h3-8,11-17,24,28,34H,2,9-10,18-23,25-26H2,1H3,(H,40,45). The minimum absolute atomic E-state index is 0.124. The lowest BCUT2D eigenvalue weighted by Crippen LogP contribution is -2.56. The normalized spacial score (nSPS) is 15.6. The maximum absolute atomic E-state index is 14.0. The van der Waals surface area contributed by atoms with Gasteiger partial charge in [0.05, 0.1) is 5.52 Å². The molecule has 4 aromatic rings. The summed E-state index contributed by atoms with van der Waals surface area (Å²) >= 11 is 6.12. The van der Waals surface area contributed by atoms with Crippen LogP contribution in [0.2, 0.25) is 5.02 Å². The Morgan fingerprint density at radius 1 is 1.00 bits per heavy atom. The van der Waals surface area contributed by atoms with Crippen LogP contribution >= 0.6 is 11.6 Å². The summed E-state index contributed by atoms with van der Waals surface area (Å²) in [6, 6.07) is 24.3. The summed E-state index contributed by atoms with van der Waals surface area (Å²) in [6.07, 6.45) is 5.22. The number of aromatic nitrogens is 1. The van der Waals surface area contributed by atoms with Crippen LogP contribution in [0.15, 0.2) is 85.1 Å². The van der Waals surface area contributed by atoms with E-state index in [9.17, 15) is 9.59 Å². The van der Waals surface area contributed by atoms with Crippen LogP contribution in [-0.4, -0.2) is 72.1 Å². The molecule has 6 rings (SSSR count). The zero-order chi connectivity index (χ0) is 31.9. The van der Waals surface area contributed by atoms with Crippen LogP contribution < -0.4 is 15.0 Å². The number of halogens is 1. The summed E-state index contributed by atoms with van der Waals surface area (Å²) in [5.41, 5.74) is 4.29. The van der Waals surface area contributed by atoms with Crippen LogP contribution in [0.4, 0.5) is 10.5 Å². The molecule has 2 fully saturated rings. The van der Waals surface area contributed by atoms with Crippen molar-refractivity contribution in [2.45, 2.75) is 45.2 Å². The van der Waals surface area contributed by atoms with Gasteiger partial charge in [-0.1, -0.05) is 54.9 Å². The molecule has 8 nitrogen and oxygen atoms in total. The Hall–Kier alpha value is -4.14. The van der Waals surface area contributed by atoms with E-state index >= 15 is 0 Å². The molecule has 1 aromatic heterocycles. The summed E-state index contributed by atoms with van der Waals surface area (Å²) in [5.74, 6) is 1.11. The van der Waals surface area contributed by atoms with Crippen LogP contribution in [0.3, 0.4) is 0 Å². The maximum atomic E-state index is 14.0. The third kappa shape index (κ3) is 8.36. The number of carbonyl (C=O) groups excluding carboxylic acids is 2. The Balaban J connectivity index is 1.12. The highest BCUT2D eigenvalue weighted by atomic mass is 35.5. The van der Waals surface area contributed by atoms with E-state index in [2.05, 4.69) is 51.3 Å². The lowest BCUT2D eigenvalue weighted by molar-refractivity contribution is -0.133. The molecular weight excluding hydrogens is 598 g/mol. The Bertz CT molecular complexity index is 1640. The highest BCUT2D eigenvalue weighted by molar-refractivity contribution is 6.30. The molecule has 3 aromatic carbocycles. The van der Waals surface area contributed by atoms with Crippen molar-refractivity contribution in [3.63, 3.8) is 0 Å². The predicted octanol–water partition coefficient (Wildman–Crippen LogP) is 6.56. The Kier molecular flexibility index (Phi) is 10.4. The first-order valence-electron chi connectivity index (χ1n) is 16.4. The second kappa shape index (κ2) is 15.0. The summed E-state index contributed by atoms with van der Waals surface area (Å²) < 4.78 is 5.63. The lowest BCUT2D eigenvalue weighted by Gasteiger charge is -2.38. The van der Waals surface area contributed by atoms with E-state index in [1.54, 1.807) is 36.5 Å². The molecule has 240 valence electrons. The molecule has 1 N–H and O–H groups in total. The van der Waals surface area contributed by atoms with Crippen molar-refractivity contribution >= 4 is 40.2 Å². The first-order chi connectivity index (χ1) is 22.4. The lowest BCUT2D eigenvalue weighted by atomic mass is 10.0. The highest BCUT2D eigenvalue weighted by Gasteiger charge is 2.30. The second-order valence-electron chi connectivity index (χ2n) is 12.4. The van der Waals surface area contributed by atoms with Crippen LogP contribution in [0.25, 0.3) is 10.9 Å². The number of amides is 2. The number of nitrogens with one attached hydrogen (secondary N) is 1. The number of pyridine rings is 1. The number of hydrogen-bond donors (Lipinski definition) is 1. The number of para-hydroxylation sites is 1. The van der Waals surface area contributed by atoms with Crippen molar-refractivity contribution in [1.82, 2.24) is 20.1 Å². The van der Waals surface area contributed by atoms with E-state index in [1.165, 1.54) is 30.6 Å². The molecule has 1 aliphatic heterocycles. The third-order valence-electron chi connectivity index (χ3n) is 8.80. The average Bonchev–Trinajstić information content (AvgIpc) is 3.89. The molecule has 0 spiro atoms. The minimum Gasteiger partial charge on any atom is -0.410 e. The molecular formula is C37H42ClN5O3. The molecule has 2 heterocycles. The van der Waals surface area contributed by atoms with Crippen molar-refractivity contribution in [3.05, 3.63) is 101 Å². The molecule has 46 heavy (non-hydrogen) atoms. The van der Waals surface area contributed by atoms with E-state index in [0.717, 1.165) is 55.0 Å². The van der Waals surface area contributed by atoms with Crippen molar-refractivity contribution in [3.8, 4) is 5.75 Å². The second-order valence-corrected chi connectivity index (χ2v) is 12.8. The van der Waals surface area contributed by atoms with Gasteiger partial charge in [-0.3, -0.25) is 14.7 Å². The van der Waals surface area contributed by atoms with Gasteiger partial charge in [-0.15, -0.1) is 0 Å². The third-order valence-corrected chi connectivity index (χ3v) is 9.05. The zero-order valence-electron chi connectivity index (χ0n) is 26.4. The van der Waals surface area contributed by atoms with Crippen LogP contribution in [0, 0.1) is 5.92 Å². The SMILES string of the molecule is CCCN(Cc1ccccc1N1CCN(C(=O)C(Cc2ccc(Cl)cc2)NC(=O)Oc2ccc3ncccc3c2)CC1)CC1CC1. The van der Waals surface area contributed by atoms with Gasteiger partial charge in [0.2, 0.25) is 5.91 Å². The summed E-state index contributed by atoms with van der Waals surface area (Å²) in [6.45, 7) is 8.06. The van der Waals surface area contributed by atoms with Gasteiger partial charge < -0.3 is 19.9 Å². The fourth-order valence-electron chi connectivity index (χ4n) is 6.25.